The van der Waals surface area contributed by atoms with E-state index >= 15 is 0 Å². The summed E-state index contributed by atoms with van der Waals surface area (Å²) >= 11 is 0. The minimum Gasteiger partial charge on any atom is -0.467 e. The summed E-state index contributed by atoms with van der Waals surface area (Å²) in [5.74, 6) is -1.69. The number of nitrogens with one attached hydrogen (secondary N) is 1. The first-order chi connectivity index (χ1) is 9.14. The second kappa shape index (κ2) is 5.90. The van der Waals surface area contributed by atoms with E-state index in [1.165, 1.54) is 32.0 Å². The number of nitrogens with zero attached hydrogens (tertiary/aromatic N) is 2. The zero-order valence-electron chi connectivity index (χ0n) is 11.4. The molecule has 1 aromatic rings. The highest BCUT2D eigenvalue weighted by molar-refractivity contribution is 7.86. The summed E-state index contributed by atoms with van der Waals surface area (Å²) in [5.41, 5.74) is -0.103. The molecule has 1 N–H and O–H groups in total. The predicted octanol–water partition coefficient (Wildman–Crippen LogP) is -0.950. The fourth-order valence-electron chi connectivity index (χ4n) is 1.34. The van der Waals surface area contributed by atoms with Crippen LogP contribution in [0.15, 0.2) is 6.20 Å². The number of aryl methyl sites for hydroxylation is 1. The quantitative estimate of drug-likeness (QED) is 0.550. The van der Waals surface area contributed by atoms with Gasteiger partial charge in [-0.25, -0.2) is 4.79 Å². The number of ether oxygens (including phenoxy) is 1. The number of aromatic nitrogens is 2. The second-order valence-corrected chi connectivity index (χ2v) is 5.60. The van der Waals surface area contributed by atoms with E-state index in [1.807, 2.05) is 0 Å². The summed E-state index contributed by atoms with van der Waals surface area (Å²) < 4.78 is 32.5. The van der Waals surface area contributed by atoms with Gasteiger partial charge in [0.1, 0.15) is 11.6 Å². The molecule has 1 atom stereocenters. The summed E-state index contributed by atoms with van der Waals surface area (Å²) in [6.45, 7) is 1.43. The Balaban J connectivity index is 2.96. The molecule has 0 saturated heterocycles. The zero-order valence-corrected chi connectivity index (χ0v) is 12.2. The molecule has 112 valence electrons. The van der Waals surface area contributed by atoms with Crippen LogP contribution in [-0.2, 0) is 26.7 Å². The van der Waals surface area contributed by atoms with E-state index in [1.54, 1.807) is 0 Å². The lowest BCUT2D eigenvalue weighted by atomic mass is 10.2. The first kappa shape index (κ1) is 16.0. The summed E-state index contributed by atoms with van der Waals surface area (Å²) in [6, 6.07) is -0.890. The van der Waals surface area contributed by atoms with Crippen LogP contribution in [0.3, 0.4) is 0 Å². The molecule has 1 amide bonds. The van der Waals surface area contributed by atoms with Crippen LogP contribution in [0.2, 0.25) is 0 Å². The summed E-state index contributed by atoms with van der Waals surface area (Å²) in [4.78, 5) is 23.2. The number of methoxy groups -OCH3 is 1. The van der Waals surface area contributed by atoms with Gasteiger partial charge in [0.05, 0.1) is 13.4 Å². The van der Waals surface area contributed by atoms with Crippen molar-refractivity contribution < 1.29 is 26.9 Å². The van der Waals surface area contributed by atoms with Crippen molar-refractivity contribution in [3.63, 3.8) is 0 Å². The van der Waals surface area contributed by atoms with Gasteiger partial charge in [0.25, 0.3) is 11.8 Å². The molecular formula is C10H15N3O6S. The fourth-order valence-corrected chi connectivity index (χ4v) is 1.75. The maximum atomic E-state index is 11.9. The number of hydrogen-bond acceptors (Lipinski definition) is 7. The molecular weight excluding hydrogens is 290 g/mol. The molecule has 0 radical (unpaired) electrons. The van der Waals surface area contributed by atoms with Crippen LogP contribution in [0.1, 0.15) is 17.3 Å². The van der Waals surface area contributed by atoms with Crippen molar-refractivity contribution in [2.75, 3.05) is 13.4 Å². The third-order valence-corrected chi connectivity index (χ3v) is 2.63. The third-order valence-electron chi connectivity index (χ3n) is 2.17. The molecule has 0 fully saturated rings. The maximum Gasteiger partial charge on any atom is 0.328 e. The first-order valence-corrected chi connectivity index (χ1v) is 7.27. The first-order valence-electron chi connectivity index (χ1n) is 5.46. The number of carbonyl (C=O) groups excluding carboxylic acids is 2. The Hall–Kier alpha value is -2.10. The maximum absolute atomic E-state index is 11.9. The van der Waals surface area contributed by atoms with Crippen molar-refractivity contribution in [2.45, 2.75) is 13.0 Å². The van der Waals surface area contributed by atoms with E-state index in [2.05, 4.69) is 19.3 Å². The minimum absolute atomic E-state index is 0.103. The van der Waals surface area contributed by atoms with Crippen LogP contribution in [0, 0.1) is 0 Å². The number of esters is 1. The second-order valence-electron chi connectivity index (χ2n) is 4.03. The number of amides is 1. The average Bonchev–Trinajstić information content (AvgIpc) is 2.66. The Morgan fingerprint density at radius 3 is 2.55 bits per heavy atom. The monoisotopic (exact) mass is 305 g/mol. The van der Waals surface area contributed by atoms with Crippen LogP contribution in [0.5, 0.6) is 5.88 Å². The van der Waals surface area contributed by atoms with Crippen molar-refractivity contribution in [1.29, 1.82) is 0 Å². The van der Waals surface area contributed by atoms with Gasteiger partial charge in [-0.05, 0) is 6.92 Å². The summed E-state index contributed by atoms with van der Waals surface area (Å²) in [6.07, 6.45) is 2.11. The lowest BCUT2D eigenvalue weighted by Gasteiger charge is -2.11. The Kier molecular flexibility index (Phi) is 4.71. The van der Waals surface area contributed by atoms with Gasteiger partial charge < -0.3 is 14.2 Å². The highest BCUT2D eigenvalue weighted by Crippen LogP contribution is 2.17. The number of hydrogen-bond donors (Lipinski definition) is 1. The molecule has 9 nitrogen and oxygen atoms in total. The van der Waals surface area contributed by atoms with Gasteiger partial charge in [0.15, 0.2) is 0 Å². The number of rotatable bonds is 5. The highest BCUT2D eigenvalue weighted by atomic mass is 32.2. The van der Waals surface area contributed by atoms with Gasteiger partial charge in [0.2, 0.25) is 0 Å². The third kappa shape index (κ3) is 4.23. The van der Waals surface area contributed by atoms with Crippen LogP contribution < -0.4 is 9.50 Å². The average molecular weight is 305 g/mol. The van der Waals surface area contributed by atoms with Gasteiger partial charge in [-0.2, -0.15) is 8.42 Å². The lowest BCUT2D eigenvalue weighted by Crippen LogP contribution is -2.39. The minimum atomic E-state index is -3.82. The molecule has 0 aliphatic carbocycles. The van der Waals surface area contributed by atoms with Crippen LogP contribution in [0.4, 0.5) is 0 Å². The molecule has 1 unspecified atom stereocenters. The van der Waals surface area contributed by atoms with Crippen molar-refractivity contribution in [3.8, 4) is 5.88 Å². The molecule has 1 rings (SSSR count). The highest BCUT2D eigenvalue weighted by Gasteiger charge is 2.23. The summed E-state index contributed by atoms with van der Waals surface area (Å²) in [5, 5.41) is 6.07. The van der Waals surface area contributed by atoms with Crippen LogP contribution >= 0.6 is 0 Å². The molecule has 0 bridgehead atoms. The topological polar surface area (TPSA) is 117 Å². The molecule has 1 heterocycles. The summed E-state index contributed by atoms with van der Waals surface area (Å²) in [7, 11) is -1.13. The smallest absolute Gasteiger partial charge is 0.328 e. The predicted molar refractivity (Wildman–Crippen MR) is 67.6 cm³/mol. The molecule has 0 saturated carbocycles. The molecule has 0 spiro atoms. The van der Waals surface area contributed by atoms with E-state index in [9.17, 15) is 18.0 Å². The van der Waals surface area contributed by atoms with Crippen molar-refractivity contribution in [1.82, 2.24) is 15.1 Å². The normalized spacial score (nSPS) is 12.6. The molecule has 0 aliphatic rings. The zero-order chi connectivity index (χ0) is 15.5. The van der Waals surface area contributed by atoms with Gasteiger partial charge in [-0.3, -0.25) is 9.48 Å². The van der Waals surface area contributed by atoms with Gasteiger partial charge in [-0.15, -0.1) is 5.10 Å². The Morgan fingerprint density at radius 1 is 1.45 bits per heavy atom. The fraction of sp³-hybridized carbons (Fsp3) is 0.500. The van der Waals surface area contributed by atoms with E-state index in [4.69, 9.17) is 0 Å². The van der Waals surface area contributed by atoms with E-state index in [-0.39, 0.29) is 11.4 Å². The molecule has 1 aromatic heterocycles. The van der Waals surface area contributed by atoms with E-state index in [0.29, 0.717) is 0 Å². The van der Waals surface area contributed by atoms with Crippen LogP contribution in [0.25, 0.3) is 0 Å². The van der Waals surface area contributed by atoms with Crippen molar-refractivity contribution in [2.24, 2.45) is 7.05 Å². The van der Waals surface area contributed by atoms with Gasteiger partial charge >= 0.3 is 16.1 Å². The van der Waals surface area contributed by atoms with Crippen LogP contribution in [-0.4, -0.2) is 49.5 Å². The largest absolute Gasteiger partial charge is 0.467 e. The van der Waals surface area contributed by atoms with Gasteiger partial charge in [0, 0.05) is 13.2 Å². The Bertz CT molecular complexity index is 621. The van der Waals surface area contributed by atoms with E-state index in [0.717, 1.165) is 6.26 Å². The number of carbonyl (C=O) groups is 2. The standard InChI is InChI=1S/C10H15N3O6S/c1-6(10(15)18-3)11-8(14)7-5-13(2)12-9(7)19-20(4,16)17/h5-6H,1-4H3,(H,11,14). The Labute approximate surface area is 116 Å². The molecule has 0 aliphatic heterocycles. The Morgan fingerprint density at radius 2 is 2.05 bits per heavy atom. The van der Waals surface area contributed by atoms with Crippen molar-refractivity contribution in [3.05, 3.63) is 11.8 Å². The van der Waals surface area contributed by atoms with Crippen molar-refractivity contribution >= 4 is 22.0 Å². The van der Waals surface area contributed by atoms with E-state index < -0.39 is 28.0 Å². The lowest BCUT2D eigenvalue weighted by molar-refractivity contribution is -0.142. The molecule has 0 aromatic carbocycles. The SMILES string of the molecule is COC(=O)C(C)NC(=O)c1cn(C)nc1OS(C)(=O)=O. The molecule has 20 heavy (non-hydrogen) atoms. The van der Waals surface area contributed by atoms with Gasteiger partial charge in [-0.1, -0.05) is 0 Å². The molecule has 10 heteroatoms.